The standard InChI is InChI=1S/C15H22N2O4/c1-10(2)17-14(19)9-16-15(20)13(18)8-11-5-4-6-12(7-11)21-3/h4-7,10,13,18H,8-9H2,1-3H3,(H,16,20)(H,17,19). The first kappa shape index (κ1) is 17.0. The van der Waals surface area contributed by atoms with Crippen molar-refractivity contribution in [3.05, 3.63) is 29.8 Å². The molecule has 0 bridgehead atoms. The van der Waals surface area contributed by atoms with Crippen molar-refractivity contribution in [2.24, 2.45) is 0 Å². The molecule has 0 aromatic heterocycles. The van der Waals surface area contributed by atoms with E-state index in [0.717, 1.165) is 5.56 Å². The molecule has 3 N–H and O–H groups in total. The van der Waals surface area contributed by atoms with Crippen LogP contribution in [0.1, 0.15) is 19.4 Å². The molecule has 0 heterocycles. The van der Waals surface area contributed by atoms with Gasteiger partial charge in [-0.05, 0) is 31.5 Å². The largest absolute Gasteiger partial charge is 0.497 e. The van der Waals surface area contributed by atoms with E-state index in [0.29, 0.717) is 5.75 Å². The van der Waals surface area contributed by atoms with Gasteiger partial charge in [0.25, 0.3) is 0 Å². The predicted molar refractivity (Wildman–Crippen MR) is 79.0 cm³/mol. The molecule has 0 aliphatic carbocycles. The number of aliphatic hydroxyl groups is 1. The van der Waals surface area contributed by atoms with E-state index in [9.17, 15) is 14.7 Å². The molecule has 1 unspecified atom stereocenters. The fourth-order valence-corrected chi connectivity index (χ4v) is 1.77. The van der Waals surface area contributed by atoms with Crippen LogP contribution in [0.5, 0.6) is 5.75 Å². The predicted octanol–water partition coefficient (Wildman–Crippen LogP) is 0.239. The van der Waals surface area contributed by atoms with Crippen molar-refractivity contribution in [3.8, 4) is 5.75 Å². The molecule has 116 valence electrons. The molecule has 1 rings (SSSR count). The zero-order valence-electron chi connectivity index (χ0n) is 12.6. The number of rotatable bonds is 7. The van der Waals surface area contributed by atoms with Crippen molar-refractivity contribution in [1.29, 1.82) is 0 Å². The molecule has 1 aromatic rings. The van der Waals surface area contributed by atoms with Crippen LogP contribution in [0.2, 0.25) is 0 Å². The average Bonchev–Trinajstić information content (AvgIpc) is 2.44. The monoisotopic (exact) mass is 294 g/mol. The molecular weight excluding hydrogens is 272 g/mol. The molecule has 0 spiro atoms. The van der Waals surface area contributed by atoms with Gasteiger partial charge in [-0.15, -0.1) is 0 Å². The van der Waals surface area contributed by atoms with Gasteiger partial charge in [0.2, 0.25) is 11.8 Å². The van der Waals surface area contributed by atoms with Crippen molar-refractivity contribution in [2.75, 3.05) is 13.7 Å². The fourth-order valence-electron chi connectivity index (χ4n) is 1.77. The first-order chi connectivity index (χ1) is 9.92. The lowest BCUT2D eigenvalue weighted by Crippen LogP contribution is -2.43. The second-order valence-electron chi connectivity index (χ2n) is 5.01. The molecule has 6 nitrogen and oxygen atoms in total. The van der Waals surface area contributed by atoms with E-state index in [1.54, 1.807) is 31.4 Å². The number of hydrogen-bond donors (Lipinski definition) is 3. The van der Waals surface area contributed by atoms with Gasteiger partial charge < -0.3 is 20.5 Å². The van der Waals surface area contributed by atoms with Crippen LogP contribution in [-0.4, -0.2) is 42.7 Å². The topological polar surface area (TPSA) is 87.7 Å². The second-order valence-corrected chi connectivity index (χ2v) is 5.01. The summed E-state index contributed by atoms with van der Waals surface area (Å²) < 4.78 is 5.08. The number of carbonyl (C=O) groups excluding carboxylic acids is 2. The second kappa shape index (κ2) is 8.26. The van der Waals surface area contributed by atoms with Crippen LogP contribution in [0.25, 0.3) is 0 Å². The maximum Gasteiger partial charge on any atom is 0.249 e. The molecule has 0 saturated carbocycles. The molecule has 0 aliphatic rings. The number of hydrogen-bond acceptors (Lipinski definition) is 4. The Morgan fingerprint density at radius 3 is 2.67 bits per heavy atom. The summed E-state index contributed by atoms with van der Waals surface area (Å²) in [7, 11) is 1.55. The lowest BCUT2D eigenvalue weighted by Gasteiger charge is -2.13. The molecule has 1 aromatic carbocycles. The van der Waals surface area contributed by atoms with Crippen molar-refractivity contribution >= 4 is 11.8 Å². The maximum atomic E-state index is 11.7. The van der Waals surface area contributed by atoms with Crippen molar-refractivity contribution in [2.45, 2.75) is 32.4 Å². The van der Waals surface area contributed by atoms with E-state index in [4.69, 9.17) is 4.74 Å². The van der Waals surface area contributed by atoms with Gasteiger partial charge in [0.1, 0.15) is 11.9 Å². The summed E-state index contributed by atoms with van der Waals surface area (Å²) in [6.07, 6.45) is -1.04. The number of aliphatic hydroxyl groups excluding tert-OH is 1. The maximum absolute atomic E-state index is 11.7. The minimum absolute atomic E-state index is 0.0103. The fraction of sp³-hybridized carbons (Fsp3) is 0.467. The van der Waals surface area contributed by atoms with E-state index in [1.165, 1.54) is 0 Å². The van der Waals surface area contributed by atoms with E-state index < -0.39 is 12.0 Å². The molecule has 0 radical (unpaired) electrons. The third kappa shape index (κ3) is 6.27. The van der Waals surface area contributed by atoms with Crippen molar-refractivity contribution in [1.82, 2.24) is 10.6 Å². The number of nitrogens with one attached hydrogen (secondary N) is 2. The molecule has 0 saturated heterocycles. The average molecular weight is 294 g/mol. The van der Waals surface area contributed by atoms with Gasteiger partial charge in [0.15, 0.2) is 0 Å². The van der Waals surface area contributed by atoms with Gasteiger partial charge in [0.05, 0.1) is 13.7 Å². The van der Waals surface area contributed by atoms with Gasteiger partial charge in [-0.1, -0.05) is 12.1 Å². The quantitative estimate of drug-likeness (QED) is 0.672. The first-order valence-electron chi connectivity index (χ1n) is 6.80. The highest BCUT2D eigenvalue weighted by Gasteiger charge is 2.16. The van der Waals surface area contributed by atoms with E-state index >= 15 is 0 Å². The molecule has 2 amide bonds. The van der Waals surface area contributed by atoms with Crippen LogP contribution in [0.15, 0.2) is 24.3 Å². The van der Waals surface area contributed by atoms with E-state index in [2.05, 4.69) is 10.6 Å². The summed E-state index contributed by atoms with van der Waals surface area (Å²) in [6, 6.07) is 7.13. The Kier molecular flexibility index (Phi) is 6.68. The van der Waals surface area contributed by atoms with Crippen LogP contribution in [0.3, 0.4) is 0 Å². The summed E-state index contributed by atoms with van der Waals surface area (Å²) in [5.74, 6) is -0.194. The van der Waals surface area contributed by atoms with Crippen LogP contribution < -0.4 is 15.4 Å². The Morgan fingerprint density at radius 2 is 2.05 bits per heavy atom. The smallest absolute Gasteiger partial charge is 0.249 e. The van der Waals surface area contributed by atoms with Crippen molar-refractivity contribution in [3.63, 3.8) is 0 Å². The highest BCUT2D eigenvalue weighted by molar-refractivity contribution is 5.86. The van der Waals surface area contributed by atoms with Crippen LogP contribution >= 0.6 is 0 Å². The summed E-state index contributed by atoms with van der Waals surface area (Å²) >= 11 is 0. The van der Waals surface area contributed by atoms with Gasteiger partial charge in [0, 0.05) is 12.5 Å². The number of ether oxygens (including phenoxy) is 1. The highest BCUT2D eigenvalue weighted by Crippen LogP contribution is 2.14. The minimum Gasteiger partial charge on any atom is -0.497 e. The normalized spacial score (nSPS) is 11.9. The zero-order chi connectivity index (χ0) is 15.8. The number of methoxy groups -OCH3 is 1. The molecule has 1 atom stereocenters. The molecule has 6 heteroatoms. The Bertz CT molecular complexity index is 488. The lowest BCUT2D eigenvalue weighted by atomic mass is 10.1. The van der Waals surface area contributed by atoms with Gasteiger partial charge in [-0.25, -0.2) is 0 Å². The van der Waals surface area contributed by atoms with Gasteiger partial charge in [-0.2, -0.15) is 0 Å². The summed E-state index contributed by atoms with van der Waals surface area (Å²) in [5.41, 5.74) is 0.781. The highest BCUT2D eigenvalue weighted by atomic mass is 16.5. The first-order valence-corrected chi connectivity index (χ1v) is 6.80. The molecule has 0 fully saturated rings. The van der Waals surface area contributed by atoms with E-state index in [-0.39, 0.29) is 24.9 Å². The van der Waals surface area contributed by atoms with Gasteiger partial charge >= 0.3 is 0 Å². The van der Waals surface area contributed by atoms with E-state index in [1.807, 2.05) is 13.8 Å². The van der Waals surface area contributed by atoms with Crippen LogP contribution in [0, 0.1) is 0 Å². The Hall–Kier alpha value is -2.08. The minimum atomic E-state index is -1.20. The molecule has 21 heavy (non-hydrogen) atoms. The molecular formula is C15H22N2O4. The zero-order valence-corrected chi connectivity index (χ0v) is 12.6. The Morgan fingerprint density at radius 1 is 1.33 bits per heavy atom. The Balaban J connectivity index is 2.45. The number of carbonyl (C=O) groups is 2. The summed E-state index contributed by atoms with van der Waals surface area (Å²) in [4.78, 5) is 23.1. The molecule has 0 aliphatic heterocycles. The third-order valence-electron chi connectivity index (χ3n) is 2.74. The third-order valence-corrected chi connectivity index (χ3v) is 2.74. The number of benzene rings is 1. The van der Waals surface area contributed by atoms with Crippen LogP contribution in [0.4, 0.5) is 0 Å². The van der Waals surface area contributed by atoms with Gasteiger partial charge in [-0.3, -0.25) is 9.59 Å². The number of amides is 2. The van der Waals surface area contributed by atoms with Crippen molar-refractivity contribution < 1.29 is 19.4 Å². The SMILES string of the molecule is COc1cccc(CC(O)C(=O)NCC(=O)NC(C)C)c1. The lowest BCUT2D eigenvalue weighted by molar-refractivity contribution is -0.131. The Labute approximate surface area is 124 Å². The van der Waals surface area contributed by atoms with Crippen LogP contribution in [-0.2, 0) is 16.0 Å². The summed E-state index contributed by atoms with van der Waals surface area (Å²) in [5, 5.41) is 14.9. The summed E-state index contributed by atoms with van der Waals surface area (Å²) in [6.45, 7) is 3.51.